The molecule has 0 spiro atoms. The van der Waals surface area contributed by atoms with Crippen LogP contribution in [0.15, 0.2) is 17.4 Å². The van der Waals surface area contributed by atoms with Gasteiger partial charge in [0.1, 0.15) is 0 Å². The third-order valence-corrected chi connectivity index (χ3v) is 4.01. The summed E-state index contributed by atoms with van der Waals surface area (Å²) >= 11 is 0.208. The third kappa shape index (κ3) is 3.70. The van der Waals surface area contributed by atoms with Gasteiger partial charge in [-0.2, -0.15) is 0 Å². The normalized spacial score (nSPS) is 12.4. The molecule has 1 aromatic carbocycles. The highest BCUT2D eigenvalue weighted by molar-refractivity contribution is 8.00. The zero-order valence-corrected chi connectivity index (χ0v) is 12.2. The van der Waals surface area contributed by atoms with E-state index in [-0.39, 0.29) is 18.2 Å². The number of thioether (sulfide) groups is 1. The Bertz CT molecular complexity index is 694. The van der Waals surface area contributed by atoms with Crippen LogP contribution in [-0.2, 0) is 11.2 Å². The van der Waals surface area contributed by atoms with E-state index >= 15 is 0 Å². The summed E-state index contributed by atoms with van der Waals surface area (Å²) in [4.78, 5) is 17.2. The number of hydrogen-bond acceptors (Lipinski definition) is 4. The SMILES string of the molecule is N[C@@H](Cc1cnc[nH]1)C(=O)CSc1c(F)c(F)c(F)c(F)c1F. The Morgan fingerprint density at radius 2 is 1.70 bits per heavy atom. The lowest BCUT2D eigenvalue weighted by Gasteiger charge is -2.10. The van der Waals surface area contributed by atoms with Crippen LogP contribution in [0.4, 0.5) is 22.0 Å². The molecule has 0 bridgehead atoms. The number of aromatic nitrogens is 2. The number of carbonyl (C=O) groups is 1. The van der Waals surface area contributed by atoms with Crippen molar-refractivity contribution in [2.75, 3.05) is 5.75 Å². The Hall–Kier alpha value is -1.94. The smallest absolute Gasteiger partial charge is 0.200 e. The largest absolute Gasteiger partial charge is 0.348 e. The quantitative estimate of drug-likeness (QED) is 0.363. The minimum absolute atomic E-state index is 0.108. The van der Waals surface area contributed by atoms with Crippen LogP contribution in [0.5, 0.6) is 0 Å². The van der Waals surface area contributed by atoms with Gasteiger partial charge in [0.05, 0.1) is 23.0 Å². The maximum absolute atomic E-state index is 13.5. The zero-order chi connectivity index (χ0) is 17.1. The van der Waals surface area contributed by atoms with E-state index in [0.717, 1.165) is 0 Å². The van der Waals surface area contributed by atoms with Crippen molar-refractivity contribution in [2.24, 2.45) is 5.73 Å². The topological polar surface area (TPSA) is 71.8 Å². The summed E-state index contributed by atoms with van der Waals surface area (Å²) in [5, 5.41) is 0. The second-order valence-corrected chi connectivity index (χ2v) is 5.53. The van der Waals surface area contributed by atoms with E-state index in [9.17, 15) is 26.7 Å². The predicted molar refractivity (Wildman–Crippen MR) is 72.2 cm³/mol. The van der Waals surface area contributed by atoms with E-state index in [4.69, 9.17) is 5.73 Å². The predicted octanol–water partition coefficient (Wildman–Crippen LogP) is 2.34. The molecule has 1 heterocycles. The van der Waals surface area contributed by atoms with Gasteiger partial charge < -0.3 is 10.7 Å². The van der Waals surface area contributed by atoms with E-state index in [1.54, 1.807) is 0 Å². The molecule has 1 atom stereocenters. The number of ketones is 1. The molecule has 0 radical (unpaired) electrons. The molecule has 2 aromatic rings. The molecule has 2 rings (SSSR count). The Balaban J connectivity index is 2.07. The Morgan fingerprint density at radius 3 is 2.22 bits per heavy atom. The Labute approximate surface area is 131 Å². The van der Waals surface area contributed by atoms with Crippen molar-refractivity contribution >= 4 is 17.5 Å². The van der Waals surface area contributed by atoms with Gasteiger partial charge in [0.15, 0.2) is 29.1 Å². The fraction of sp³-hybridized carbons (Fsp3) is 0.231. The number of Topliss-reactive ketones (excluding diaryl/α,β-unsaturated/α-hetero) is 1. The lowest BCUT2D eigenvalue weighted by molar-refractivity contribution is -0.117. The van der Waals surface area contributed by atoms with E-state index in [2.05, 4.69) is 9.97 Å². The van der Waals surface area contributed by atoms with Crippen molar-refractivity contribution in [3.05, 3.63) is 47.3 Å². The minimum atomic E-state index is -2.24. The van der Waals surface area contributed by atoms with Crippen molar-refractivity contribution in [2.45, 2.75) is 17.4 Å². The van der Waals surface area contributed by atoms with Crippen LogP contribution in [0.3, 0.4) is 0 Å². The van der Waals surface area contributed by atoms with Crippen molar-refractivity contribution in [1.82, 2.24) is 9.97 Å². The number of benzene rings is 1. The van der Waals surface area contributed by atoms with Crippen LogP contribution < -0.4 is 5.73 Å². The second-order valence-electron chi connectivity index (χ2n) is 4.54. The molecule has 0 unspecified atom stereocenters. The number of carbonyl (C=O) groups excluding carboxylic acids is 1. The molecule has 0 aliphatic heterocycles. The monoisotopic (exact) mass is 351 g/mol. The molecule has 1 aromatic heterocycles. The lowest BCUT2D eigenvalue weighted by atomic mass is 10.1. The molecule has 0 saturated heterocycles. The van der Waals surface area contributed by atoms with Crippen molar-refractivity contribution in [3.8, 4) is 0 Å². The summed E-state index contributed by atoms with van der Waals surface area (Å²) in [6, 6.07) is -0.996. The summed E-state index contributed by atoms with van der Waals surface area (Å²) in [6.45, 7) is 0. The second kappa shape index (κ2) is 7.09. The van der Waals surface area contributed by atoms with Gasteiger partial charge in [0.25, 0.3) is 0 Å². The summed E-state index contributed by atoms with van der Waals surface area (Å²) in [5.74, 6) is -11.4. The van der Waals surface area contributed by atoms with E-state index in [1.165, 1.54) is 12.5 Å². The number of imidazole rings is 1. The molecule has 0 saturated carbocycles. The van der Waals surface area contributed by atoms with Crippen LogP contribution >= 0.6 is 11.8 Å². The van der Waals surface area contributed by atoms with Crippen LogP contribution in [0.25, 0.3) is 0 Å². The van der Waals surface area contributed by atoms with Crippen molar-refractivity contribution < 1.29 is 26.7 Å². The van der Waals surface area contributed by atoms with Gasteiger partial charge in [-0.15, -0.1) is 11.8 Å². The molecule has 0 aliphatic carbocycles. The molecular formula is C13H10F5N3OS. The number of rotatable bonds is 6. The number of H-pyrrole nitrogens is 1. The molecule has 3 N–H and O–H groups in total. The molecule has 10 heteroatoms. The van der Waals surface area contributed by atoms with E-state index in [1.807, 2.05) is 0 Å². The first-order valence-corrected chi connectivity index (χ1v) is 7.21. The average molecular weight is 351 g/mol. The zero-order valence-electron chi connectivity index (χ0n) is 11.4. The molecule has 0 fully saturated rings. The number of hydrogen-bond donors (Lipinski definition) is 2. The summed E-state index contributed by atoms with van der Waals surface area (Å²) in [7, 11) is 0. The first-order chi connectivity index (χ1) is 10.8. The molecule has 23 heavy (non-hydrogen) atoms. The first-order valence-electron chi connectivity index (χ1n) is 6.22. The average Bonchev–Trinajstić information content (AvgIpc) is 3.03. The molecule has 4 nitrogen and oxygen atoms in total. The number of aromatic amines is 1. The molecule has 124 valence electrons. The van der Waals surface area contributed by atoms with Crippen LogP contribution in [0.1, 0.15) is 5.69 Å². The van der Waals surface area contributed by atoms with Gasteiger partial charge in [-0.1, -0.05) is 0 Å². The number of halogens is 5. The van der Waals surface area contributed by atoms with Crippen molar-refractivity contribution in [1.29, 1.82) is 0 Å². The van der Waals surface area contributed by atoms with Gasteiger partial charge in [-0.05, 0) is 0 Å². The number of nitrogens with two attached hydrogens (primary N) is 1. The standard InChI is InChI=1S/C13H10F5N3OS/c14-8-9(15)11(17)13(12(18)10(8)16)23-3-7(22)6(19)1-5-2-20-4-21-5/h2,4,6H,1,3,19H2,(H,20,21)/t6-/m0/s1. The summed E-state index contributed by atoms with van der Waals surface area (Å²) in [5.41, 5.74) is 6.20. The number of nitrogens with one attached hydrogen (secondary N) is 1. The fourth-order valence-electron chi connectivity index (χ4n) is 1.71. The van der Waals surface area contributed by atoms with Gasteiger partial charge in [-0.25, -0.2) is 26.9 Å². The molecule has 0 aliphatic rings. The fourth-order valence-corrected chi connectivity index (χ4v) is 2.64. The maximum atomic E-state index is 13.5. The van der Waals surface area contributed by atoms with E-state index < -0.39 is 51.6 Å². The highest BCUT2D eigenvalue weighted by atomic mass is 32.2. The molecule has 0 amide bonds. The van der Waals surface area contributed by atoms with Gasteiger partial charge >= 0.3 is 0 Å². The Kier molecular flexibility index (Phi) is 5.37. The number of nitrogens with zero attached hydrogens (tertiary/aromatic N) is 1. The first kappa shape index (κ1) is 17.4. The van der Waals surface area contributed by atoms with Gasteiger partial charge in [0, 0.05) is 18.3 Å². The molecular weight excluding hydrogens is 341 g/mol. The minimum Gasteiger partial charge on any atom is -0.348 e. The van der Waals surface area contributed by atoms with Crippen molar-refractivity contribution in [3.63, 3.8) is 0 Å². The highest BCUT2D eigenvalue weighted by Gasteiger charge is 2.27. The lowest BCUT2D eigenvalue weighted by Crippen LogP contribution is -2.34. The highest BCUT2D eigenvalue weighted by Crippen LogP contribution is 2.30. The van der Waals surface area contributed by atoms with Crippen LogP contribution in [0, 0.1) is 29.1 Å². The van der Waals surface area contributed by atoms with E-state index in [0.29, 0.717) is 5.69 Å². The van der Waals surface area contributed by atoms with Crippen LogP contribution in [-0.4, -0.2) is 27.5 Å². The Morgan fingerprint density at radius 1 is 1.13 bits per heavy atom. The van der Waals surface area contributed by atoms with Gasteiger partial charge in [0.2, 0.25) is 5.82 Å². The summed E-state index contributed by atoms with van der Waals surface area (Å²) < 4.78 is 65.9. The maximum Gasteiger partial charge on any atom is 0.200 e. The third-order valence-electron chi connectivity index (χ3n) is 2.94. The van der Waals surface area contributed by atoms with Crippen LogP contribution in [0.2, 0.25) is 0 Å². The summed E-state index contributed by atoms with van der Waals surface area (Å²) in [6.07, 6.45) is 2.94. The van der Waals surface area contributed by atoms with Gasteiger partial charge in [-0.3, -0.25) is 4.79 Å².